The van der Waals surface area contributed by atoms with Gasteiger partial charge in [0.05, 0.1) is 25.8 Å². The topological polar surface area (TPSA) is 59.9 Å². The summed E-state index contributed by atoms with van der Waals surface area (Å²) in [6.45, 7) is 4.93. The van der Waals surface area contributed by atoms with Gasteiger partial charge in [-0.2, -0.15) is 5.10 Å². The smallest absolute Gasteiger partial charge is 0.244 e. The Labute approximate surface area is 169 Å². The predicted molar refractivity (Wildman–Crippen MR) is 111 cm³/mol. The monoisotopic (exact) mass is 406 g/mol. The lowest BCUT2D eigenvalue weighted by molar-refractivity contribution is -0.120. The molecular formula is C20H23ClN2O3S. The molecule has 0 saturated carbocycles. The average Bonchev–Trinajstić information content (AvgIpc) is 2.64. The third-order valence-corrected chi connectivity index (χ3v) is 4.66. The summed E-state index contributed by atoms with van der Waals surface area (Å²) in [5.74, 6) is 1.17. The van der Waals surface area contributed by atoms with Gasteiger partial charge in [-0.05, 0) is 56.0 Å². The molecule has 2 aromatic rings. The van der Waals surface area contributed by atoms with E-state index in [1.54, 1.807) is 24.0 Å². The molecule has 1 amide bonds. The van der Waals surface area contributed by atoms with Crippen LogP contribution in [-0.4, -0.2) is 31.6 Å². The second-order valence-corrected chi connectivity index (χ2v) is 6.78. The Balaban J connectivity index is 2.04. The summed E-state index contributed by atoms with van der Waals surface area (Å²) >= 11 is 7.60. The van der Waals surface area contributed by atoms with Crippen molar-refractivity contribution in [2.75, 3.05) is 19.5 Å². The van der Waals surface area contributed by atoms with E-state index in [9.17, 15) is 4.79 Å². The quantitative estimate of drug-likeness (QED) is 0.377. The van der Waals surface area contributed by atoms with Crippen molar-refractivity contribution in [3.8, 4) is 11.5 Å². The van der Waals surface area contributed by atoms with E-state index in [1.807, 2.05) is 50.4 Å². The molecule has 0 heterocycles. The maximum absolute atomic E-state index is 12.2. The number of benzene rings is 2. The molecule has 0 aromatic heterocycles. The van der Waals surface area contributed by atoms with Crippen molar-refractivity contribution in [1.29, 1.82) is 0 Å². The number of carbonyl (C=O) groups excluding carboxylic acids is 1. The van der Waals surface area contributed by atoms with Crippen LogP contribution in [0, 0.1) is 0 Å². The van der Waals surface area contributed by atoms with Gasteiger partial charge in [-0.3, -0.25) is 4.79 Å². The first-order chi connectivity index (χ1) is 13.1. The van der Waals surface area contributed by atoms with Crippen LogP contribution < -0.4 is 14.9 Å². The summed E-state index contributed by atoms with van der Waals surface area (Å²) in [5.41, 5.74) is 4.18. The van der Waals surface area contributed by atoms with Crippen molar-refractivity contribution in [2.45, 2.75) is 25.2 Å². The molecule has 5 nitrogen and oxygen atoms in total. The number of thioether (sulfide) groups is 1. The molecule has 1 N–H and O–H groups in total. The van der Waals surface area contributed by atoms with Crippen molar-refractivity contribution in [1.82, 2.24) is 5.43 Å². The second kappa shape index (κ2) is 10.8. The van der Waals surface area contributed by atoms with Gasteiger partial charge in [-0.1, -0.05) is 11.6 Å². The lowest BCUT2D eigenvalue weighted by atomic mass is 10.1. The number of carbonyl (C=O) groups is 1. The molecule has 144 valence electrons. The Hall–Kier alpha value is -2.18. The Bertz CT molecular complexity index is 812. The SMILES string of the molecule is CCOc1ccc(/C=N\NC(=O)Cc2cc(Cl)ccc2SC)c(OCC)c1. The van der Waals surface area contributed by atoms with E-state index in [4.69, 9.17) is 21.1 Å². The van der Waals surface area contributed by atoms with Crippen LogP contribution >= 0.6 is 23.4 Å². The zero-order valence-corrected chi connectivity index (χ0v) is 17.2. The van der Waals surface area contributed by atoms with Crippen LogP contribution in [0.15, 0.2) is 46.4 Å². The van der Waals surface area contributed by atoms with E-state index in [0.29, 0.717) is 24.0 Å². The van der Waals surface area contributed by atoms with E-state index in [-0.39, 0.29) is 12.3 Å². The largest absolute Gasteiger partial charge is 0.494 e. The van der Waals surface area contributed by atoms with Gasteiger partial charge in [0.15, 0.2) is 0 Å². The first-order valence-corrected chi connectivity index (χ1v) is 10.2. The van der Waals surface area contributed by atoms with Crippen LogP contribution in [0.1, 0.15) is 25.0 Å². The van der Waals surface area contributed by atoms with Crippen LogP contribution in [0.5, 0.6) is 11.5 Å². The molecule has 2 aromatic carbocycles. The molecule has 0 atom stereocenters. The van der Waals surface area contributed by atoms with Gasteiger partial charge in [0.25, 0.3) is 0 Å². The molecule has 0 aliphatic heterocycles. The second-order valence-electron chi connectivity index (χ2n) is 5.49. The molecule has 0 fully saturated rings. The van der Waals surface area contributed by atoms with E-state index < -0.39 is 0 Å². The van der Waals surface area contributed by atoms with Crippen molar-refractivity contribution < 1.29 is 14.3 Å². The van der Waals surface area contributed by atoms with Gasteiger partial charge in [0.2, 0.25) is 5.91 Å². The van der Waals surface area contributed by atoms with E-state index in [2.05, 4.69) is 10.5 Å². The summed E-state index contributed by atoms with van der Waals surface area (Å²) in [6.07, 6.45) is 3.73. The summed E-state index contributed by atoms with van der Waals surface area (Å²) in [7, 11) is 0. The Morgan fingerprint density at radius 1 is 1.19 bits per heavy atom. The molecule has 0 spiro atoms. The molecule has 0 saturated heterocycles. The lowest BCUT2D eigenvalue weighted by Gasteiger charge is -2.10. The number of halogens is 1. The van der Waals surface area contributed by atoms with Gasteiger partial charge >= 0.3 is 0 Å². The number of hydrogen-bond acceptors (Lipinski definition) is 5. The standard InChI is InChI=1S/C20H23ClN2O3S/c1-4-25-17-8-6-14(18(12-17)26-5-2)13-22-23-20(24)11-15-10-16(21)7-9-19(15)27-3/h6-10,12-13H,4-5,11H2,1-3H3,(H,23,24)/b22-13-. The molecule has 0 unspecified atom stereocenters. The fraction of sp³-hybridized carbons (Fsp3) is 0.300. The molecule has 0 radical (unpaired) electrons. The Kier molecular flexibility index (Phi) is 8.48. The van der Waals surface area contributed by atoms with Crippen LogP contribution in [-0.2, 0) is 11.2 Å². The molecule has 2 rings (SSSR count). The van der Waals surface area contributed by atoms with E-state index in [1.165, 1.54) is 0 Å². The third kappa shape index (κ3) is 6.48. The fourth-order valence-corrected chi connectivity index (χ4v) is 3.22. The number of nitrogens with zero attached hydrogens (tertiary/aromatic N) is 1. The molecule has 0 aliphatic rings. The summed E-state index contributed by atoms with van der Waals surface area (Å²) in [4.78, 5) is 13.2. The number of hydrazone groups is 1. The molecular weight excluding hydrogens is 384 g/mol. The first-order valence-electron chi connectivity index (χ1n) is 8.61. The zero-order chi connectivity index (χ0) is 19.6. The highest BCUT2D eigenvalue weighted by Crippen LogP contribution is 2.25. The molecule has 7 heteroatoms. The normalized spacial score (nSPS) is 10.8. The van der Waals surface area contributed by atoms with Crippen LogP contribution in [0.25, 0.3) is 0 Å². The zero-order valence-electron chi connectivity index (χ0n) is 15.6. The maximum atomic E-state index is 12.2. The predicted octanol–water partition coefficient (Wildman–Crippen LogP) is 4.55. The fourth-order valence-electron chi connectivity index (χ4n) is 2.43. The van der Waals surface area contributed by atoms with Gasteiger partial charge in [0.1, 0.15) is 11.5 Å². The van der Waals surface area contributed by atoms with Gasteiger partial charge < -0.3 is 9.47 Å². The third-order valence-electron chi connectivity index (χ3n) is 3.58. The van der Waals surface area contributed by atoms with Crippen molar-refractivity contribution >= 4 is 35.5 Å². The van der Waals surface area contributed by atoms with Crippen LogP contribution in [0.2, 0.25) is 5.02 Å². The molecule has 27 heavy (non-hydrogen) atoms. The summed E-state index contributed by atoms with van der Waals surface area (Å²) in [6, 6.07) is 11.0. The van der Waals surface area contributed by atoms with E-state index >= 15 is 0 Å². The number of hydrogen-bond donors (Lipinski definition) is 1. The van der Waals surface area contributed by atoms with Gasteiger partial charge in [-0.25, -0.2) is 5.43 Å². The van der Waals surface area contributed by atoms with Crippen molar-refractivity contribution in [3.63, 3.8) is 0 Å². The molecule has 0 aliphatic carbocycles. The highest BCUT2D eigenvalue weighted by molar-refractivity contribution is 7.98. The minimum atomic E-state index is -0.215. The lowest BCUT2D eigenvalue weighted by Crippen LogP contribution is -2.20. The number of ether oxygens (including phenoxy) is 2. The highest BCUT2D eigenvalue weighted by atomic mass is 35.5. The number of rotatable bonds is 9. The Morgan fingerprint density at radius 2 is 1.96 bits per heavy atom. The van der Waals surface area contributed by atoms with Crippen LogP contribution in [0.3, 0.4) is 0 Å². The number of amides is 1. The Morgan fingerprint density at radius 3 is 2.67 bits per heavy atom. The van der Waals surface area contributed by atoms with Gasteiger partial charge in [-0.15, -0.1) is 11.8 Å². The first kappa shape index (κ1) is 21.1. The maximum Gasteiger partial charge on any atom is 0.244 e. The highest BCUT2D eigenvalue weighted by Gasteiger charge is 2.09. The van der Waals surface area contributed by atoms with Gasteiger partial charge in [0, 0.05) is 21.5 Å². The minimum absolute atomic E-state index is 0.204. The average molecular weight is 407 g/mol. The minimum Gasteiger partial charge on any atom is -0.494 e. The number of nitrogens with one attached hydrogen (secondary N) is 1. The van der Waals surface area contributed by atoms with E-state index in [0.717, 1.165) is 21.8 Å². The molecule has 0 bridgehead atoms. The van der Waals surface area contributed by atoms with Crippen molar-refractivity contribution in [2.24, 2.45) is 5.10 Å². The summed E-state index contributed by atoms with van der Waals surface area (Å²) < 4.78 is 11.1. The summed E-state index contributed by atoms with van der Waals surface area (Å²) in [5, 5.41) is 4.66. The van der Waals surface area contributed by atoms with Crippen molar-refractivity contribution in [3.05, 3.63) is 52.5 Å². The van der Waals surface area contributed by atoms with Crippen LogP contribution in [0.4, 0.5) is 0 Å².